The Hall–Kier alpha value is 0.110. The summed E-state index contributed by atoms with van der Waals surface area (Å²) in [6, 6.07) is 0. The van der Waals surface area contributed by atoms with Gasteiger partial charge in [0, 0.05) is 14.2 Å². The van der Waals surface area contributed by atoms with Crippen LogP contribution >= 0.6 is 7.82 Å². The third kappa shape index (κ3) is 11.9. The molecule has 0 saturated heterocycles. The fourth-order valence-electron chi connectivity index (χ4n) is 2.12. The third-order valence-corrected chi connectivity index (χ3v) is 4.84. The average molecular weight is 308 g/mol. The SMILES string of the molecule is CCCCCCCCCCCCCOP(=O)(OC)OC. The van der Waals surface area contributed by atoms with Crippen LogP contribution in [0.4, 0.5) is 0 Å². The lowest BCUT2D eigenvalue weighted by Crippen LogP contribution is -1.97. The van der Waals surface area contributed by atoms with Crippen molar-refractivity contribution in [1.82, 2.24) is 0 Å². The maximum Gasteiger partial charge on any atom is 0.474 e. The second-order valence-electron chi connectivity index (χ2n) is 5.18. The summed E-state index contributed by atoms with van der Waals surface area (Å²) in [6.07, 6.45) is 14.1. The first-order valence-electron chi connectivity index (χ1n) is 8.04. The van der Waals surface area contributed by atoms with Crippen molar-refractivity contribution in [3.8, 4) is 0 Å². The van der Waals surface area contributed by atoms with Crippen LogP contribution in [0.2, 0.25) is 0 Å². The van der Waals surface area contributed by atoms with Crippen LogP contribution in [-0.2, 0) is 18.1 Å². The molecule has 0 aromatic rings. The monoisotopic (exact) mass is 308 g/mol. The zero-order chi connectivity index (χ0) is 15.1. The maximum absolute atomic E-state index is 11.6. The molecule has 0 saturated carbocycles. The van der Waals surface area contributed by atoms with Crippen LogP contribution in [0, 0.1) is 0 Å². The van der Waals surface area contributed by atoms with Gasteiger partial charge in [-0.05, 0) is 6.42 Å². The van der Waals surface area contributed by atoms with Gasteiger partial charge in [-0.15, -0.1) is 0 Å². The Kier molecular flexibility index (Phi) is 14.1. The van der Waals surface area contributed by atoms with Gasteiger partial charge in [0.25, 0.3) is 0 Å². The molecule has 0 unspecified atom stereocenters. The van der Waals surface area contributed by atoms with Gasteiger partial charge in [-0.25, -0.2) is 4.57 Å². The fraction of sp³-hybridized carbons (Fsp3) is 1.00. The first-order chi connectivity index (χ1) is 9.68. The van der Waals surface area contributed by atoms with Crippen molar-refractivity contribution in [2.45, 2.75) is 77.6 Å². The molecule has 0 heterocycles. The number of phosphoric acid groups is 1. The molecule has 0 aliphatic heterocycles. The van der Waals surface area contributed by atoms with Crippen molar-refractivity contribution >= 4 is 7.82 Å². The van der Waals surface area contributed by atoms with E-state index in [1.54, 1.807) is 0 Å². The Morgan fingerprint density at radius 2 is 1.10 bits per heavy atom. The largest absolute Gasteiger partial charge is 0.474 e. The normalized spacial score (nSPS) is 11.9. The topological polar surface area (TPSA) is 44.8 Å². The van der Waals surface area contributed by atoms with E-state index in [1.165, 1.54) is 72.0 Å². The Balaban J connectivity index is 3.19. The summed E-state index contributed by atoms with van der Waals surface area (Å²) < 4.78 is 26.1. The Morgan fingerprint density at radius 1 is 0.700 bits per heavy atom. The van der Waals surface area contributed by atoms with Crippen LogP contribution in [-0.4, -0.2) is 20.8 Å². The highest BCUT2D eigenvalue weighted by atomic mass is 31.2. The predicted octanol–water partition coefficient (Wildman–Crippen LogP) is 5.71. The van der Waals surface area contributed by atoms with Crippen molar-refractivity contribution in [2.24, 2.45) is 0 Å². The second kappa shape index (κ2) is 14.1. The molecule has 0 N–H and O–H groups in total. The van der Waals surface area contributed by atoms with Crippen LogP contribution in [0.25, 0.3) is 0 Å². The molecule has 0 fully saturated rings. The molecule has 0 bridgehead atoms. The van der Waals surface area contributed by atoms with Gasteiger partial charge in [0.15, 0.2) is 0 Å². The lowest BCUT2D eigenvalue weighted by molar-refractivity contribution is 0.150. The Morgan fingerprint density at radius 3 is 1.50 bits per heavy atom. The van der Waals surface area contributed by atoms with Gasteiger partial charge in [0.1, 0.15) is 0 Å². The van der Waals surface area contributed by atoms with E-state index in [2.05, 4.69) is 6.92 Å². The predicted molar refractivity (Wildman–Crippen MR) is 84.0 cm³/mol. The van der Waals surface area contributed by atoms with Gasteiger partial charge in [-0.2, -0.15) is 0 Å². The number of phosphoric ester groups is 1. The zero-order valence-corrected chi connectivity index (χ0v) is 14.5. The van der Waals surface area contributed by atoms with Crippen molar-refractivity contribution in [2.75, 3.05) is 20.8 Å². The van der Waals surface area contributed by atoms with Gasteiger partial charge in [0.2, 0.25) is 0 Å². The fourth-order valence-corrected chi connectivity index (χ4v) is 2.84. The molecule has 4 nitrogen and oxygen atoms in total. The van der Waals surface area contributed by atoms with E-state index < -0.39 is 7.82 Å². The highest BCUT2D eigenvalue weighted by molar-refractivity contribution is 7.48. The molecule has 122 valence electrons. The summed E-state index contributed by atoms with van der Waals surface area (Å²) >= 11 is 0. The maximum atomic E-state index is 11.6. The van der Waals surface area contributed by atoms with Crippen molar-refractivity contribution in [3.05, 3.63) is 0 Å². The molecule has 5 heteroatoms. The molecule has 0 aromatic carbocycles. The molecule has 20 heavy (non-hydrogen) atoms. The third-order valence-electron chi connectivity index (χ3n) is 3.44. The zero-order valence-electron chi connectivity index (χ0n) is 13.6. The summed E-state index contributed by atoms with van der Waals surface area (Å²) in [5.41, 5.74) is 0. The smallest absolute Gasteiger partial charge is 0.290 e. The van der Waals surface area contributed by atoms with Crippen LogP contribution in [0.15, 0.2) is 0 Å². The van der Waals surface area contributed by atoms with Crippen molar-refractivity contribution < 1.29 is 18.1 Å². The van der Waals surface area contributed by atoms with Gasteiger partial charge < -0.3 is 0 Å². The van der Waals surface area contributed by atoms with E-state index in [1.807, 2.05) is 0 Å². The van der Waals surface area contributed by atoms with E-state index in [0.717, 1.165) is 12.8 Å². The van der Waals surface area contributed by atoms with Gasteiger partial charge in [0.05, 0.1) is 6.61 Å². The highest BCUT2D eigenvalue weighted by Crippen LogP contribution is 2.47. The summed E-state index contributed by atoms with van der Waals surface area (Å²) in [6.45, 7) is 2.69. The Bertz CT molecular complexity index is 238. The Labute approximate surface area is 125 Å². The van der Waals surface area contributed by atoms with E-state index >= 15 is 0 Å². The quantitative estimate of drug-likeness (QED) is 0.287. The second-order valence-corrected chi connectivity index (χ2v) is 7.06. The van der Waals surface area contributed by atoms with Crippen LogP contribution in [0.5, 0.6) is 0 Å². The summed E-state index contributed by atoms with van der Waals surface area (Å²) in [5, 5.41) is 0. The molecular weight excluding hydrogens is 275 g/mol. The molecule has 0 amide bonds. The van der Waals surface area contributed by atoms with E-state index in [4.69, 9.17) is 13.6 Å². The number of rotatable bonds is 15. The van der Waals surface area contributed by atoms with Gasteiger partial charge >= 0.3 is 7.82 Å². The molecule has 0 atom stereocenters. The molecule has 0 aromatic heterocycles. The van der Waals surface area contributed by atoms with Gasteiger partial charge in [-0.1, -0.05) is 71.1 Å². The molecule has 0 aliphatic carbocycles. The lowest BCUT2D eigenvalue weighted by Gasteiger charge is -2.12. The molecule has 0 aliphatic rings. The van der Waals surface area contributed by atoms with Crippen LogP contribution in [0.3, 0.4) is 0 Å². The van der Waals surface area contributed by atoms with E-state index in [9.17, 15) is 4.57 Å². The van der Waals surface area contributed by atoms with Crippen molar-refractivity contribution in [3.63, 3.8) is 0 Å². The molecular formula is C15H33O4P. The first kappa shape index (κ1) is 20.1. The standard InChI is InChI=1S/C15H33O4P/c1-4-5-6-7-8-9-10-11-12-13-14-15-19-20(16,17-2)18-3/h4-15H2,1-3H3. The van der Waals surface area contributed by atoms with Crippen LogP contribution < -0.4 is 0 Å². The van der Waals surface area contributed by atoms with Crippen LogP contribution in [0.1, 0.15) is 77.6 Å². The van der Waals surface area contributed by atoms with E-state index in [-0.39, 0.29) is 0 Å². The molecule has 0 spiro atoms. The summed E-state index contributed by atoms with van der Waals surface area (Å²) in [7, 11) is -0.585. The lowest BCUT2D eigenvalue weighted by atomic mass is 10.1. The average Bonchev–Trinajstić information content (AvgIpc) is 2.48. The van der Waals surface area contributed by atoms with Gasteiger partial charge in [-0.3, -0.25) is 13.6 Å². The molecule has 0 radical (unpaired) electrons. The number of hydrogen-bond acceptors (Lipinski definition) is 4. The van der Waals surface area contributed by atoms with Crippen molar-refractivity contribution in [1.29, 1.82) is 0 Å². The number of unbranched alkanes of at least 4 members (excludes halogenated alkanes) is 10. The summed E-state index contributed by atoms with van der Waals surface area (Å²) in [5.74, 6) is 0. The minimum absolute atomic E-state index is 0.440. The minimum Gasteiger partial charge on any atom is -0.290 e. The highest BCUT2D eigenvalue weighted by Gasteiger charge is 2.21. The van der Waals surface area contributed by atoms with E-state index in [0.29, 0.717) is 6.61 Å². The minimum atomic E-state index is -3.26. The number of hydrogen-bond donors (Lipinski definition) is 0. The molecule has 0 rings (SSSR count). The summed E-state index contributed by atoms with van der Waals surface area (Å²) in [4.78, 5) is 0. The first-order valence-corrected chi connectivity index (χ1v) is 9.50.